The van der Waals surface area contributed by atoms with Gasteiger partial charge in [0.25, 0.3) is 0 Å². The summed E-state index contributed by atoms with van der Waals surface area (Å²) in [6, 6.07) is 9.82. The highest BCUT2D eigenvalue weighted by molar-refractivity contribution is 5.68. The van der Waals surface area contributed by atoms with Gasteiger partial charge < -0.3 is 14.5 Å². The van der Waals surface area contributed by atoms with Crippen LogP contribution < -0.4 is 0 Å². The molecule has 4 nitrogen and oxygen atoms in total. The van der Waals surface area contributed by atoms with Crippen LogP contribution in [0.5, 0.6) is 0 Å². The van der Waals surface area contributed by atoms with Crippen LogP contribution in [0.4, 0.5) is 4.79 Å². The molecule has 0 aromatic heterocycles. The van der Waals surface area contributed by atoms with Crippen molar-refractivity contribution in [2.45, 2.75) is 19.4 Å². The smallest absolute Gasteiger partial charge is 0.410 e. The highest BCUT2D eigenvalue weighted by Gasteiger charge is 2.33. The van der Waals surface area contributed by atoms with Gasteiger partial charge in [-0.2, -0.15) is 0 Å². The Hall–Kier alpha value is -1.55. The summed E-state index contributed by atoms with van der Waals surface area (Å²) >= 11 is 0. The van der Waals surface area contributed by atoms with E-state index >= 15 is 0 Å². The Morgan fingerprint density at radius 1 is 1.15 bits per heavy atom. The molecule has 1 aromatic carbocycles. The monoisotopic (exact) mass is 274 g/mol. The van der Waals surface area contributed by atoms with Crippen LogP contribution in [-0.4, -0.2) is 48.6 Å². The quantitative estimate of drug-likeness (QED) is 0.845. The number of rotatable bonds is 4. The fraction of sp³-hybridized carbons (Fsp3) is 0.562. The minimum atomic E-state index is -0.175. The summed E-state index contributed by atoms with van der Waals surface area (Å²) < 4.78 is 5.32. The molecule has 20 heavy (non-hydrogen) atoms. The van der Waals surface area contributed by atoms with Crippen molar-refractivity contribution in [1.82, 2.24) is 9.80 Å². The van der Waals surface area contributed by atoms with Gasteiger partial charge in [-0.15, -0.1) is 0 Å². The summed E-state index contributed by atoms with van der Waals surface area (Å²) in [5.74, 6) is 0.636. The molecule has 108 valence electrons. The number of carbonyl (C=O) groups excluding carboxylic acids is 1. The van der Waals surface area contributed by atoms with Crippen molar-refractivity contribution in [3.8, 4) is 0 Å². The molecule has 1 aromatic rings. The van der Waals surface area contributed by atoms with Gasteiger partial charge >= 0.3 is 6.09 Å². The van der Waals surface area contributed by atoms with Gasteiger partial charge in [-0.1, -0.05) is 30.3 Å². The van der Waals surface area contributed by atoms with Crippen molar-refractivity contribution in [2.75, 3.05) is 32.7 Å². The Balaban J connectivity index is 1.35. The molecule has 0 radical (unpaired) electrons. The van der Waals surface area contributed by atoms with Gasteiger partial charge in [0.2, 0.25) is 0 Å². The highest BCUT2D eigenvalue weighted by atomic mass is 16.6. The lowest BCUT2D eigenvalue weighted by atomic mass is 10.0. The van der Waals surface area contributed by atoms with E-state index in [1.54, 1.807) is 0 Å². The second kappa shape index (κ2) is 6.27. The molecule has 0 atom stereocenters. The van der Waals surface area contributed by atoms with Crippen molar-refractivity contribution in [1.29, 1.82) is 0 Å². The third-order valence-corrected chi connectivity index (χ3v) is 4.14. The van der Waals surface area contributed by atoms with Gasteiger partial charge in [0.05, 0.1) is 0 Å². The van der Waals surface area contributed by atoms with Crippen molar-refractivity contribution in [3.05, 3.63) is 35.9 Å². The number of nitrogens with zero attached hydrogens (tertiary/aromatic N) is 2. The van der Waals surface area contributed by atoms with E-state index in [4.69, 9.17) is 4.74 Å². The van der Waals surface area contributed by atoms with Crippen LogP contribution in [-0.2, 0) is 11.3 Å². The number of likely N-dealkylation sites (tertiary alicyclic amines) is 2. The van der Waals surface area contributed by atoms with Crippen LogP contribution in [0.1, 0.15) is 18.4 Å². The first-order valence-corrected chi connectivity index (χ1v) is 7.49. The van der Waals surface area contributed by atoms with Crippen LogP contribution >= 0.6 is 0 Å². The van der Waals surface area contributed by atoms with Crippen LogP contribution in [0.2, 0.25) is 0 Å². The van der Waals surface area contributed by atoms with Crippen LogP contribution in [0, 0.1) is 5.92 Å². The molecule has 3 rings (SSSR count). The lowest BCUT2D eigenvalue weighted by molar-refractivity contribution is 0.0396. The first kappa shape index (κ1) is 13.4. The summed E-state index contributed by atoms with van der Waals surface area (Å²) in [5, 5.41) is 0. The van der Waals surface area contributed by atoms with Crippen molar-refractivity contribution >= 4 is 6.09 Å². The molecule has 2 saturated heterocycles. The maximum atomic E-state index is 11.9. The van der Waals surface area contributed by atoms with Crippen LogP contribution in [0.25, 0.3) is 0 Å². The molecule has 2 aliphatic heterocycles. The molecule has 1 amide bonds. The molecule has 0 aliphatic carbocycles. The van der Waals surface area contributed by atoms with Gasteiger partial charge in [-0.05, 0) is 31.5 Å². The summed E-state index contributed by atoms with van der Waals surface area (Å²) in [6.07, 6.45) is 2.48. The molecule has 2 fully saturated rings. The lowest BCUT2D eigenvalue weighted by Crippen LogP contribution is -2.53. The van der Waals surface area contributed by atoms with Gasteiger partial charge in [-0.25, -0.2) is 4.79 Å². The second-order valence-electron chi connectivity index (χ2n) is 5.82. The summed E-state index contributed by atoms with van der Waals surface area (Å²) in [5.41, 5.74) is 1.04. The fourth-order valence-corrected chi connectivity index (χ4v) is 2.98. The van der Waals surface area contributed by atoms with Crippen LogP contribution in [0.15, 0.2) is 30.3 Å². The molecule has 0 N–H and O–H groups in total. The van der Waals surface area contributed by atoms with Crippen LogP contribution in [0.3, 0.4) is 0 Å². The molecule has 2 heterocycles. The third-order valence-electron chi connectivity index (χ3n) is 4.14. The van der Waals surface area contributed by atoms with E-state index in [-0.39, 0.29) is 6.09 Å². The standard InChI is InChI=1S/C16H22N2O2/c19-16(20-13-14-6-2-1-3-7-14)18-11-15(12-18)10-17-8-4-5-9-17/h1-3,6-7,15H,4-5,8-13H2. The Morgan fingerprint density at radius 2 is 1.85 bits per heavy atom. The number of hydrogen-bond acceptors (Lipinski definition) is 3. The average Bonchev–Trinajstić information content (AvgIpc) is 2.94. The van der Waals surface area contributed by atoms with Crippen molar-refractivity contribution in [2.24, 2.45) is 5.92 Å². The zero-order valence-corrected chi connectivity index (χ0v) is 11.8. The maximum Gasteiger partial charge on any atom is 0.410 e. The number of benzene rings is 1. The second-order valence-corrected chi connectivity index (χ2v) is 5.82. The highest BCUT2D eigenvalue weighted by Crippen LogP contribution is 2.20. The zero-order chi connectivity index (χ0) is 13.8. The first-order chi connectivity index (χ1) is 9.81. The zero-order valence-electron chi connectivity index (χ0n) is 11.8. The molecule has 0 spiro atoms. The van der Waals surface area contributed by atoms with E-state index in [0.29, 0.717) is 12.5 Å². The minimum Gasteiger partial charge on any atom is -0.445 e. The van der Waals surface area contributed by atoms with Crippen molar-refractivity contribution < 1.29 is 9.53 Å². The molecule has 0 bridgehead atoms. The number of hydrogen-bond donors (Lipinski definition) is 0. The lowest BCUT2D eigenvalue weighted by Gasteiger charge is -2.40. The average molecular weight is 274 g/mol. The predicted molar refractivity (Wildman–Crippen MR) is 77.4 cm³/mol. The Bertz CT molecular complexity index is 437. The molecule has 4 heteroatoms. The molecular weight excluding hydrogens is 252 g/mol. The maximum absolute atomic E-state index is 11.9. The first-order valence-electron chi connectivity index (χ1n) is 7.49. The van der Waals surface area contributed by atoms with Gasteiger partial charge in [0.15, 0.2) is 0 Å². The minimum absolute atomic E-state index is 0.175. The van der Waals surface area contributed by atoms with E-state index in [0.717, 1.165) is 25.2 Å². The summed E-state index contributed by atoms with van der Waals surface area (Å²) in [4.78, 5) is 16.2. The fourth-order valence-electron chi connectivity index (χ4n) is 2.98. The molecular formula is C16H22N2O2. The van der Waals surface area contributed by atoms with E-state index < -0.39 is 0 Å². The number of ether oxygens (including phenoxy) is 1. The van der Waals surface area contributed by atoms with Crippen molar-refractivity contribution in [3.63, 3.8) is 0 Å². The largest absolute Gasteiger partial charge is 0.445 e. The molecule has 0 saturated carbocycles. The van der Waals surface area contributed by atoms with E-state index in [9.17, 15) is 4.79 Å². The van der Waals surface area contributed by atoms with E-state index in [1.165, 1.54) is 25.9 Å². The third kappa shape index (κ3) is 3.31. The van der Waals surface area contributed by atoms with E-state index in [1.807, 2.05) is 35.2 Å². The topological polar surface area (TPSA) is 32.8 Å². The number of amides is 1. The normalized spacial score (nSPS) is 19.9. The Labute approximate surface area is 120 Å². The number of carbonyl (C=O) groups is 1. The van der Waals surface area contributed by atoms with E-state index in [2.05, 4.69) is 4.90 Å². The summed E-state index contributed by atoms with van der Waals surface area (Å²) in [6.45, 7) is 5.67. The van der Waals surface area contributed by atoms with Gasteiger partial charge in [0, 0.05) is 25.6 Å². The Kier molecular flexibility index (Phi) is 4.21. The molecule has 2 aliphatic rings. The van der Waals surface area contributed by atoms with Gasteiger partial charge in [0.1, 0.15) is 6.61 Å². The molecule has 0 unspecified atom stereocenters. The Morgan fingerprint density at radius 3 is 2.55 bits per heavy atom. The summed E-state index contributed by atoms with van der Waals surface area (Å²) in [7, 11) is 0. The predicted octanol–water partition coefficient (Wildman–Crippen LogP) is 2.35. The SMILES string of the molecule is O=C(OCc1ccccc1)N1CC(CN2CCCC2)C1. The van der Waals surface area contributed by atoms with Gasteiger partial charge in [-0.3, -0.25) is 0 Å².